The topological polar surface area (TPSA) is 93.1 Å². The molecular weight excluding hydrogens is 348 g/mol. The lowest BCUT2D eigenvalue weighted by molar-refractivity contribution is 0.0696. The highest BCUT2D eigenvalue weighted by Gasteiger charge is 2.18. The Kier molecular flexibility index (Phi) is 6.45. The van der Waals surface area contributed by atoms with Crippen LogP contribution in [0.3, 0.4) is 0 Å². The monoisotopic (exact) mass is 372 g/mol. The third-order valence-corrected chi connectivity index (χ3v) is 4.15. The van der Waals surface area contributed by atoms with Crippen LogP contribution in [0, 0.1) is 5.92 Å². The first kappa shape index (κ1) is 20.3. The summed E-state index contributed by atoms with van der Waals surface area (Å²) in [4.78, 5) is 22.8. The van der Waals surface area contributed by atoms with Gasteiger partial charge >= 0.3 is 5.97 Å². The summed E-state index contributed by atoms with van der Waals surface area (Å²) >= 11 is 0. The molecule has 0 amide bonds. The first-order valence-corrected chi connectivity index (χ1v) is 8.63. The van der Waals surface area contributed by atoms with Gasteiger partial charge in [-0.2, -0.15) is 0 Å². The van der Waals surface area contributed by atoms with E-state index in [0.29, 0.717) is 29.0 Å². The number of rotatable bonds is 8. The van der Waals surface area contributed by atoms with Crippen molar-refractivity contribution in [1.29, 1.82) is 0 Å². The molecule has 27 heavy (non-hydrogen) atoms. The Bertz CT molecular complexity index is 854. The molecule has 2 rings (SSSR count). The van der Waals surface area contributed by atoms with Gasteiger partial charge in [-0.3, -0.25) is 4.79 Å². The second-order valence-electron chi connectivity index (χ2n) is 6.71. The molecule has 2 aromatic rings. The van der Waals surface area contributed by atoms with E-state index in [9.17, 15) is 14.7 Å². The molecule has 0 atom stereocenters. The number of phenolic OH excluding ortho intramolecular Hbond substituents is 1. The number of methoxy groups -OCH3 is 1. The Morgan fingerprint density at radius 3 is 2.37 bits per heavy atom. The number of carbonyl (C=O) groups excluding carboxylic acids is 1. The molecule has 0 aliphatic rings. The molecule has 0 unspecified atom stereocenters. The number of aromatic carboxylic acids is 1. The zero-order chi connectivity index (χ0) is 20.1. The van der Waals surface area contributed by atoms with Crippen molar-refractivity contribution in [3.05, 3.63) is 52.6 Å². The number of aromatic hydroxyl groups is 1. The lowest BCUT2D eigenvalue weighted by atomic mass is 9.97. The zero-order valence-corrected chi connectivity index (χ0v) is 15.9. The van der Waals surface area contributed by atoms with Crippen molar-refractivity contribution < 1.29 is 29.3 Å². The molecule has 144 valence electrons. The van der Waals surface area contributed by atoms with E-state index in [4.69, 9.17) is 14.6 Å². The number of ketones is 1. The number of Topliss-reactive ketones (excluding diaryl/α,β-unsaturated/α-hetero) is 1. The summed E-state index contributed by atoms with van der Waals surface area (Å²) in [6.45, 7) is 5.56. The highest BCUT2D eigenvalue weighted by Crippen LogP contribution is 2.34. The maximum Gasteiger partial charge on any atom is 0.335 e. The third-order valence-electron chi connectivity index (χ3n) is 4.15. The van der Waals surface area contributed by atoms with Crippen molar-refractivity contribution in [1.82, 2.24) is 0 Å². The molecule has 0 aliphatic carbocycles. The van der Waals surface area contributed by atoms with Crippen LogP contribution in [0.15, 0.2) is 30.3 Å². The maximum absolute atomic E-state index is 11.7. The molecule has 2 aromatic carbocycles. The Labute approximate surface area is 158 Å². The fraction of sp³-hybridized carbons (Fsp3) is 0.333. The molecule has 0 saturated heterocycles. The van der Waals surface area contributed by atoms with Crippen LogP contribution in [0.1, 0.15) is 52.6 Å². The first-order valence-electron chi connectivity index (χ1n) is 8.63. The second-order valence-corrected chi connectivity index (χ2v) is 6.71. The lowest BCUT2D eigenvalue weighted by Crippen LogP contribution is -2.06. The smallest absolute Gasteiger partial charge is 0.335 e. The van der Waals surface area contributed by atoms with Gasteiger partial charge < -0.3 is 19.7 Å². The molecule has 0 aliphatic heterocycles. The van der Waals surface area contributed by atoms with Crippen LogP contribution in [0.4, 0.5) is 0 Å². The van der Waals surface area contributed by atoms with Gasteiger partial charge in [-0.1, -0.05) is 19.9 Å². The molecule has 0 spiro atoms. The highest BCUT2D eigenvalue weighted by atomic mass is 16.5. The van der Waals surface area contributed by atoms with Crippen LogP contribution in [-0.2, 0) is 13.0 Å². The summed E-state index contributed by atoms with van der Waals surface area (Å²) in [5, 5.41) is 19.6. The number of ether oxygens (including phenoxy) is 2. The van der Waals surface area contributed by atoms with E-state index in [1.54, 1.807) is 18.2 Å². The van der Waals surface area contributed by atoms with Crippen LogP contribution in [0.25, 0.3) is 0 Å². The number of hydrogen-bond acceptors (Lipinski definition) is 5. The van der Waals surface area contributed by atoms with Gasteiger partial charge in [-0.25, -0.2) is 4.79 Å². The van der Waals surface area contributed by atoms with Gasteiger partial charge in [0.05, 0.1) is 18.2 Å². The fourth-order valence-corrected chi connectivity index (χ4v) is 2.79. The Hall–Kier alpha value is -3.02. The number of carbonyl (C=O) groups is 2. The van der Waals surface area contributed by atoms with Gasteiger partial charge in [0.25, 0.3) is 0 Å². The van der Waals surface area contributed by atoms with Crippen molar-refractivity contribution in [3.63, 3.8) is 0 Å². The van der Waals surface area contributed by atoms with Gasteiger partial charge in [-0.15, -0.1) is 0 Å². The first-order chi connectivity index (χ1) is 12.7. The van der Waals surface area contributed by atoms with E-state index in [1.807, 2.05) is 13.8 Å². The minimum absolute atomic E-state index is 0.0538. The standard InChI is InChI=1S/C21H24O6/c1-12(2)9-17-18(8-7-16(13(3)22)20(17)23)27-11-15-6-5-14(21(24)25)10-19(15)26-4/h5-8,10,12,23H,9,11H2,1-4H3,(H,24,25). The summed E-state index contributed by atoms with van der Waals surface area (Å²) in [5.74, 6) is -0.160. The number of phenols is 1. The minimum Gasteiger partial charge on any atom is -0.507 e. The summed E-state index contributed by atoms with van der Waals surface area (Å²) < 4.78 is 11.1. The van der Waals surface area contributed by atoms with E-state index in [2.05, 4.69) is 0 Å². The quantitative estimate of drug-likeness (QED) is 0.678. The lowest BCUT2D eigenvalue weighted by Gasteiger charge is -2.17. The number of carboxylic acids is 1. The van der Waals surface area contributed by atoms with Gasteiger partial charge in [-0.05, 0) is 43.5 Å². The molecule has 0 radical (unpaired) electrons. The Morgan fingerprint density at radius 1 is 1.11 bits per heavy atom. The molecule has 0 aromatic heterocycles. The van der Waals surface area contributed by atoms with Crippen LogP contribution in [-0.4, -0.2) is 29.1 Å². The van der Waals surface area contributed by atoms with Gasteiger partial charge in [0.1, 0.15) is 23.9 Å². The SMILES string of the molecule is COc1cc(C(=O)O)ccc1COc1ccc(C(C)=O)c(O)c1CC(C)C. The second kappa shape index (κ2) is 8.58. The molecule has 6 nitrogen and oxygen atoms in total. The maximum atomic E-state index is 11.7. The van der Waals surface area contributed by atoms with Crippen LogP contribution >= 0.6 is 0 Å². The number of hydrogen-bond donors (Lipinski definition) is 2. The Balaban J connectivity index is 2.33. The molecule has 0 bridgehead atoms. The van der Waals surface area contributed by atoms with Crippen LogP contribution in [0.2, 0.25) is 0 Å². The summed E-state index contributed by atoms with van der Waals surface area (Å²) in [6.07, 6.45) is 0.553. The van der Waals surface area contributed by atoms with E-state index < -0.39 is 5.97 Å². The van der Waals surface area contributed by atoms with Gasteiger partial charge in [0.15, 0.2) is 5.78 Å². The number of carboxylic acid groups (broad SMARTS) is 1. The molecule has 0 saturated carbocycles. The van der Waals surface area contributed by atoms with Crippen molar-refractivity contribution in [3.8, 4) is 17.2 Å². The summed E-state index contributed by atoms with van der Waals surface area (Å²) in [7, 11) is 1.46. The fourth-order valence-electron chi connectivity index (χ4n) is 2.79. The van der Waals surface area contributed by atoms with E-state index >= 15 is 0 Å². The largest absolute Gasteiger partial charge is 0.507 e. The van der Waals surface area contributed by atoms with Gasteiger partial charge in [0.2, 0.25) is 0 Å². The Morgan fingerprint density at radius 2 is 1.81 bits per heavy atom. The molecule has 6 heteroatoms. The van der Waals surface area contributed by atoms with Crippen molar-refractivity contribution >= 4 is 11.8 Å². The summed E-state index contributed by atoms with van der Waals surface area (Å²) in [5.41, 5.74) is 1.65. The molecular formula is C21H24O6. The average Bonchev–Trinajstić information content (AvgIpc) is 2.61. The number of benzene rings is 2. The zero-order valence-electron chi connectivity index (χ0n) is 15.9. The van der Waals surface area contributed by atoms with Crippen LogP contribution < -0.4 is 9.47 Å². The molecule has 0 heterocycles. The van der Waals surface area contributed by atoms with Crippen molar-refractivity contribution in [2.24, 2.45) is 5.92 Å². The van der Waals surface area contributed by atoms with E-state index in [0.717, 1.165) is 0 Å². The molecule has 0 fully saturated rings. The predicted molar refractivity (Wildman–Crippen MR) is 101 cm³/mol. The minimum atomic E-state index is -1.04. The van der Waals surface area contributed by atoms with E-state index in [-0.39, 0.29) is 35.2 Å². The normalized spacial score (nSPS) is 10.7. The third kappa shape index (κ3) is 4.78. The van der Waals surface area contributed by atoms with Crippen LogP contribution in [0.5, 0.6) is 17.2 Å². The predicted octanol–water partition coefficient (Wildman–Crippen LogP) is 4.08. The van der Waals surface area contributed by atoms with Gasteiger partial charge in [0, 0.05) is 11.1 Å². The molecule has 2 N–H and O–H groups in total. The summed E-state index contributed by atoms with van der Waals surface area (Å²) in [6, 6.07) is 7.77. The highest BCUT2D eigenvalue weighted by molar-refractivity contribution is 5.97. The van der Waals surface area contributed by atoms with E-state index in [1.165, 1.54) is 26.2 Å². The van der Waals surface area contributed by atoms with Crippen molar-refractivity contribution in [2.75, 3.05) is 7.11 Å². The average molecular weight is 372 g/mol. The van der Waals surface area contributed by atoms with Crippen molar-refractivity contribution in [2.45, 2.75) is 33.8 Å².